The molecule has 0 atom stereocenters. The second-order valence-electron chi connectivity index (χ2n) is 7.11. The molecule has 7 nitrogen and oxygen atoms in total. The van der Waals surface area contributed by atoms with E-state index in [2.05, 4.69) is 27.4 Å². The highest BCUT2D eigenvalue weighted by atomic mass is 32.1. The quantitative estimate of drug-likeness (QED) is 0.543. The summed E-state index contributed by atoms with van der Waals surface area (Å²) in [5, 5.41) is 10.5. The van der Waals surface area contributed by atoms with Crippen molar-refractivity contribution < 1.29 is 4.79 Å². The number of H-pyrrole nitrogens is 1. The molecule has 3 heterocycles. The highest BCUT2D eigenvalue weighted by Crippen LogP contribution is 2.40. The van der Waals surface area contributed by atoms with Crippen LogP contribution >= 0.6 is 11.3 Å². The number of fused-ring (bicyclic) bond motifs is 1. The van der Waals surface area contributed by atoms with Crippen molar-refractivity contribution in [1.82, 2.24) is 20.1 Å². The minimum atomic E-state index is 0.276. The number of carbonyl (C=O) groups is 1. The molecule has 1 aliphatic carbocycles. The number of thiophene rings is 1. The second kappa shape index (κ2) is 7.19. The van der Waals surface area contributed by atoms with Crippen LogP contribution in [0.4, 0.5) is 11.5 Å². The van der Waals surface area contributed by atoms with Crippen LogP contribution in [0.1, 0.15) is 24.8 Å². The van der Waals surface area contributed by atoms with Crippen LogP contribution < -0.4 is 11.1 Å². The van der Waals surface area contributed by atoms with Crippen LogP contribution in [0.3, 0.4) is 0 Å². The largest absolute Gasteiger partial charge is 0.384 e. The zero-order valence-corrected chi connectivity index (χ0v) is 16.4. The number of nitrogens with zero attached hydrogens (tertiary/aromatic N) is 3. The van der Waals surface area contributed by atoms with Crippen molar-refractivity contribution in [3.05, 3.63) is 23.9 Å². The molecule has 0 aromatic carbocycles. The van der Waals surface area contributed by atoms with E-state index in [9.17, 15) is 4.79 Å². The normalized spacial score (nSPS) is 13.9. The summed E-state index contributed by atoms with van der Waals surface area (Å²) in [4.78, 5) is 19.5. The summed E-state index contributed by atoms with van der Waals surface area (Å²) in [7, 11) is 1.89. The summed E-state index contributed by atoms with van der Waals surface area (Å²) < 4.78 is 1.09. The molecule has 3 aromatic heterocycles. The van der Waals surface area contributed by atoms with Crippen molar-refractivity contribution in [3.63, 3.8) is 0 Å². The first-order chi connectivity index (χ1) is 13.0. The van der Waals surface area contributed by atoms with Crippen LogP contribution in [0, 0.1) is 12.8 Å². The van der Waals surface area contributed by atoms with Gasteiger partial charge in [0.05, 0.1) is 26.5 Å². The van der Waals surface area contributed by atoms with Gasteiger partial charge in [-0.3, -0.25) is 9.89 Å². The summed E-state index contributed by atoms with van der Waals surface area (Å²) in [6.45, 7) is 3.59. The first kappa shape index (κ1) is 17.8. The first-order valence-electron chi connectivity index (χ1n) is 9.23. The predicted octanol–water partition coefficient (Wildman–Crippen LogP) is 3.25. The molecule has 0 unspecified atom stereocenters. The smallest absolute Gasteiger partial charge is 0.225 e. The Kier molecular flexibility index (Phi) is 4.73. The summed E-state index contributed by atoms with van der Waals surface area (Å²) in [6, 6.07) is 3.84. The van der Waals surface area contributed by atoms with Crippen LogP contribution in [-0.4, -0.2) is 46.1 Å². The second-order valence-corrected chi connectivity index (χ2v) is 8.13. The molecular weight excluding hydrogens is 360 g/mol. The van der Waals surface area contributed by atoms with E-state index in [1.54, 1.807) is 17.5 Å². The van der Waals surface area contributed by atoms with Gasteiger partial charge in [-0.1, -0.05) is 0 Å². The Bertz CT molecular complexity index is 960. The van der Waals surface area contributed by atoms with Gasteiger partial charge in [0.2, 0.25) is 5.91 Å². The van der Waals surface area contributed by atoms with E-state index in [-0.39, 0.29) is 11.8 Å². The maximum Gasteiger partial charge on any atom is 0.225 e. The molecule has 0 saturated heterocycles. The van der Waals surface area contributed by atoms with Gasteiger partial charge in [0.25, 0.3) is 0 Å². The average Bonchev–Trinajstić information content (AvgIpc) is 3.26. The number of hydrogen-bond acceptors (Lipinski definition) is 6. The Labute approximate surface area is 162 Å². The maximum atomic E-state index is 12.0. The molecule has 27 heavy (non-hydrogen) atoms. The predicted molar refractivity (Wildman–Crippen MR) is 110 cm³/mol. The number of nitrogens with one attached hydrogen (secondary N) is 2. The van der Waals surface area contributed by atoms with Gasteiger partial charge in [-0.25, -0.2) is 4.98 Å². The minimum Gasteiger partial charge on any atom is -0.384 e. The molecule has 0 radical (unpaired) electrons. The molecule has 1 aliphatic rings. The van der Waals surface area contributed by atoms with Crippen molar-refractivity contribution in [2.24, 2.45) is 5.92 Å². The number of nitrogens with two attached hydrogens (primary N) is 1. The van der Waals surface area contributed by atoms with E-state index in [1.807, 2.05) is 24.1 Å². The zero-order chi connectivity index (χ0) is 19.0. The van der Waals surface area contributed by atoms with Crippen molar-refractivity contribution in [2.75, 3.05) is 31.2 Å². The van der Waals surface area contributed by atoms with E-state index in [1.165, 1.54) is 0 Å². The third-order valence-corrected chi connectivity index (χ3v) is 6.27. The molecule has 1 fully saturated rings. The molecule has 0 bridgehead atoms. The van der Waals surface area contributed by atoms with Crippen molar-refractivity contribution in [1.29, 1.82) is 0 Å². The van der Waals surface area contributed by atoms with Crippen LogP contribution in [0.25, 0.3) is 20.8 Å². The molecular formula is C19H24N6OS. The van der Waals surface area contributed by atoms with Gasteiger partial charge in [0, 0.05) is 38.3 Å². The fraction of sp³-hybridized carbons (Fsp3) is 0.421. The number of pyridine rings is 1. The van der Waals surface area contributed by atoms with Crippen LogP contribution in [-0.2, 0) is 4.79 Å². The average molecular weight is 385 g/mol. The number of aryl methyl sites for hydroxylation is 1. The lowest BCUT2D eigenvalue weighted by Crippen LogP contribution is -2.30. The van der Waals surface area contributed by atoms with Crippen LogP contribution in [0.15, 0.2) is 18.3 Å². The summed E-state index contributed by atoms with van der Waals surface area (Å²) in [5.74, 6) is 1.06. The SMILES string of the molecule is Cc1c(-c2ccn[nH]2)sc2c(NCCCN(C)C(=O)C3CC3)cc(N)nc12. The highest BCUT2D eigenvalue weighted by molar-refractivity contribution is 7.23. The Hall–Kier alpha value is -2.61. The number of aromatic amines is 1. The fourth-order valence-electron chi connectivity index (χ4n) is 3.26. The van der Waals surface area contributed by atoms with E-state index in [0.717, 1.165) is 64.4 Å². The molecule has 3 aromatic rings. The Morgan fingerprint density at radius 2 is 2.30 bits per heavy atom. The molecule has 4 rings (SSSR count). The molecule has 1 saturated carbocycles. The van der Waals surface area contributed by atoms with Gasteiger partial charge in [-0.2, -0.15) is 5.10 Å². The topological polar surface area (TPSA) is 99.9 Å². The zero-order valence-electron chi connectivity index (χ0n) is 15.6. The standard InChI is InChI=1S/C19H24N6OS/c1-11-16-18(27-17(11)13-6-8-22-24-13)14(10-15(20)23-16)21-7-3-9-25(2)19(26)12-4-5-12/h6,8,10,12H,3-5,7,9H2,1-2H3,(H,22,24)(H3,20,21,23). The van der Waals surface area contributed by atoms with Gasteiger partial charge in [-0.15, -0.1) is 11.3 Å². The minimum absolute atomic E-state index is 0.276. The molecule has 4 N–H and O–H groups in total. The Morgan fingerprint density at radius 3 is 3.00 bits per heavy atom. The van der Waals surface area contributed by atoms with E-state index in [0.29, 0.717) is 5.82 Å². The highest BCUT2D eigenvalue weighted by Gasteiger charge is 2.31. The lowest BCUT2D eigenvalue weighted by Gasteiger charge is -2.17. The number of anilines is 2. The van der Waals surface area contributed by atoms with Crippen molar-refractivity contribution in [3.8, 4) is 10.6 Å². The lowest BCUT2D eigenvalue weighted by atomic mass is 10.2. The third-order valence-electron chi connectivity index (χ3n) is 4.93. The Balaban J connectivity index is 1.48. The number of aromatic nitrogens is 3. The number of nitrogen functional groups attached to an aromatic ring is 1. The molecule has 0 aliphatic heterocycles. The summed E-state index contributed by atoms with van der Waals surface area (Å²) in [5.41, 5.74) is 10.0. The van der Waals surface area contributed by atoms with Gasteiger partial charge in [0.1, 0.15) is 5.82 Å². The van der Waals surface area contributed by atoms with Crippen molar-refractivity contribution >= 4 is 39.0 Å². The maximum absolute atomic E-state index is 12.0. The molecule has 1 amide bonds. The van der Waals surface area contributed by atoms with Gasteiger partial charge < -0.3 is 16.0 Å². The fourth-order valence-corrected chi connectivity index (χ4v) is 4.47. The Morgan fingerprint density at radius 1 is 1.48 bits per heavy atom. The molecule has 142 valence electrons. The number of rotatable bonds is 7. The van der Waals surface area contributed by atoms with Crippen molar-refractivity contribution in [2.45, 2.75) is 26.2 Å². The lowest BCUT2D eigenvalue weighted by molar-refractivity contribution is -0.131. The first-order valence-corrected chi connectivity index (χ1v) is 10.0. The monoisotopic (exact) mass is 384 g/mol. The van der Waals surface area contributed by atoms with Crippen LogP contribution in [0.5, 0.6) is 0 Å². The number of amides is 1. The molecule has 0 spiro atoms. The van der Waals surface area contributed by atoms with Crippen LogP contribution in [0.2, 0.25) is 0 Å². The third kappa shape index (κ3) is 3.62. The number of hydrogen-bond donors (Lipinski definition) is 3. The van der Waals surface area contributed by atoms with E-state index < -0.39 is 0 Å². The van der Waals surface area contributed by atoms with E-state index >= 15 is 0 Å². The number of carbonyl (C=O) groups excluding carboxylic acids is 1. The van der Waals surface area contributed by atoms with E-state index in [4.69, 9.17) is 5.73 Å². The summed E-state index contributed by atoms with van der Waals surface area (Å²) >= 11 is 1.68. The van der Waals surface area contributed by atoms with Gasteiger partial charge >= 0.3 is 0 Å². The summed E-state index contributed by atoms with van der Waals surface area (Å²) in [6.07, 6.45) is 4.73. The van der Waals surface area contributed by atoms with Gasteiger partial charge in [0.15, 0.2) is 0 Å². The van der Waals surface area contributed by atoms with Gasteiger partial charge in [-0.05, 0) is 37.8 Å². The molecule has 8 heteroatoms.